The molecule has 0 bridgehead atoms. The van der Waals surface area contributed by atoms with Crippen LogP contribution in [0.3, 0.4) is 0 Å². The fourth-order valence-corrected chi connectivity index (χ4v) is 3.39. The number of thiazole rings is 1. The Bertz CT molecular complexity index is 525. The van der Waals surface area contributed by atoms with Gasteiger partial charge in [-0.1, -0.05) is 12.1 Å². The summed E-state index contributed by atoms with van der Waals surface area (Å²) in [5, 5.41) is 4.24. The predicted octanol–water partition coefficient (Wildman–Crippen LogP) is 2.41. The Morgan fingerprint density at radius 2 is 2.33 bits per heavy atom. The first-order chi connectivity index (χ1) is 8.83. The van der Waals surface area contributed by atoms with Gasteiger partial charge < -0.3 is 5.32 Å². The van der Waals surface area contributed by atoms with Gasteiger partial charge in [-0.3, -0.25) is 4.79 Å². The predicted molar refractivity (Wildman–Crippen MR) is 73.9 cm³/mol. The van der Waals surface area contributed by atoms with Crippen molar-refractivity contribution in [1.82, 2.24) is 10.3 Å². The van der Waals surface area contributed by atoms with Crippen molar-refractivity contribution in [3.63, 3.8) is 0 Å². The maximum absolute atomic E-state index is 12.2. The first-order valence-electron chi connectivity index (χ1n) is 6.41. The lowest BCUT2D eigenvalue weighted by Gasteiger charge is -2.20. The monoisotopic (exact) mass is 260 g/mol. The number of nitrogens with one attached hydrogen (secondary N) is 1. The molecule has 4 heteroatoms. The number of carbonyl (C=O) groups excluding carboxylic acids is 1. The molecule has 1 saturated heterocycles. The number of Topliss-reactive ketones (excluding diaryl/α,β-unsaturated/α-hetero) is 1. The molecule has 0 spiro atoms. The average Bonchev–Trinajstić information content (AvgIpc) is 2.82. The van der Waals surface area contributed by atoms with Crippen LogP contribution in [0.4, 0.5) is 0 Å². The van der Waals surface area contributed by atoms with Crippen LogP contribution in [0, 0.1) is 5.92 Å². The van der Waals surface area contributed by atoms with E-state index in [0.717, 1.165) is 36.5 Å². The minimum absolute atomic E-state index is 0.186. The van der Waals surface area contributed by atoms with E-state index >= 15 is 0 Å². The van der Waals surface area contributed by atoms with Crippen LogP contribution in [0.15, 0.2) is 24.3 Å². The summed E-state index contributed by atoms with van der Waals surface area (Å²) in [6, 6.07) is 8.06. The van der Waals surface area contributed by atoms with Gasteiger partial charge in [-0.15, -0.1) is 11.3 Å². The normalized spacial score (nSPS) is 20.1. The van der Waals surface area contributed by atoms with Crippen LogP contribution in [0.1, 0.15) is 17.8 Å². The molecule has 2 heterocycles. The van der Waals surface area contributed by atoms with Crippen molar-refractivity contribution >= 4 is 27.3 Å². The molecular formula is C14H16N2OS. The summed E-state index contributed by atoms with van der Waals surface area (Å²) in [6.07, 6.45) is 2.62. The quantitative estimate of drug-likeness (QED) is 0.921. The molecule has 1 aliphatic heterocycles. The molecule has 94 valence electrons. The van der Waals surface area contributed by atoms with Crippen LogP contribution in [-0.2, 0) is 11.2 Å². The van der Waals surface area contributed by atoms with Crippen LogP contribution >= 0.6 is 11.3 Å². The van der Waals surface area contributed by atoms with Crippen LogP contribution in [-0.4, -0.2) is 23.9 Å². The molecule has 3 rings (SSSR count). The van der Waals surface area contributed by atoms with E-state index in [2.05, 4.69) is 16.4 Å². The number of rotatable bonds is 3. The average molecular weight is 260 g/mol. The summed E-state index contributed by atoms with van der Waals surface area (Å²) in [4.78, 5) is 16.7. The van der Waals surface area contributed by atoms with Crippen molar-refractivity contribution in [3.8, 4) is 0 Å². The summed E-state index contributed by atoms with van der Waals surface area (Å²) in [5.74, 6) is 0.520. The van der Waals surface area contributed by atoms with Gasteiger partial charge in [0.05, 0.1) is 16.6 Å². The number of hydrogen-bond acceptors (Lipinski definition) is 4. The third kappa shape index (κ3) is 2.44. The summed E-state index contributed by atoms with van der Waals surface area (Å²) in [5.41, 5.74) is 1.01. The van der Waals surface area contributed by atoms with Crippen molar-refractivity contribution in [2.45, 2.75) is 19.3 Å². The second-order valence-corrected chi connectivity index (χ2v) is 5.88. The van der Waals surface area contributed by atoms with E-state index in [0.29, 0.717) is 12.2 Å². The number of hydrogen-bond donors (Lipinski definition) is 1. The van der Waals surface area contributed by atoms with Gasteiger partial charge >= 0.3 is 0 Å². The highest BCUT2D eigenvalue weighted by molar-refractivity contribution is 7.18. The van der Waals surface area contributed by atoms with Crippen LogP contribution in [0.25, 0.3) is 10.2 Å². The molecule has 0 aliphatic carbocycles. The molecule has 18 heavy (non-hydrogen) atoms. The lowest BCUT2D eigenvalue weighted by Crippen LogP contribution is -2.35. The van der Waals surface area contributed by atoms with Crippen molar-refractivity contribution in [2.75, 3.05) is 13.1 Å². The molecule has 1 fully saturated rings. The summed E-state index contributed by atoms with van der Waals surface area (Å²) in [6.45, 7) is 1.88. The summed E-state index contributed by atoms with van der Waals surface area (Å²) >= 11 is 1.64. The third-order valence-electron chi connectivity index (χ3n) is 3.42. The van der Waals surface area contributed by atoms with Crippen LogP contribution in [0.5, 0.6) is 0 Å². The second kappa shape index (κ2) is 5.16. The zero-order chi connectivity index (χ0) is 12.4. The number of para-hydroxylation sites is 1. The highest BCUT2D eigenvalue weighted by atomic mass is 32.1. The largest absolute Gasteiger partial charge is 0.316 e. The lowest BCUT2D eigenvalue weighted by atomic mass is 9.93. The van der Waals surface area contributed by atoms with Crippen molar-refractivity contribution in [1.29, 1.82) is 0 Å². The van der Waals surface area contributed by atoms with Gasteiger partial charge in [0.1, 0.15) is 10.8 Å². The minimum Gasteiger partial charge on any atom is -0.316 e. The number of nitrogens with zero attached hydrogens (tertiary/aromatic N) is 1. The summed E-state index contributed by atoms with van der Waals surface area (Å²) in [7, 11) is 0. The molecule has 2 aromatic rings. The van der Waals surface area contributed by atoms with E-state index in [1.807, 2.05) is 18.2 Å². The Balaban J connectivity index is 1.73. The van der Waals surface area contributed by atoms with E-state index in [1.54, 1.807) is 11.3 Å². The Kier molecular flexibility index (Phi) is 3.39. The van der Waals surface area contributed by atoms with Crippen molar-refractivity contribution < 1.29 is 4.79 Å². The molecule has 1 N–H and O–H groups in total. The number of benzene rings is 1. The first kappa shape index (κ1) is 11.8. The van der Waals surface area contributed by atoms with Crippen LogP contribution < -0.4 is 5.32 Å². The SMILES string of the molecule is O=C(Cc1nc2ccccc2s1)C1CCCNC1. The smallest absolute Gasteiger partial charge is 0.144 e. The Morgan fingerprint density at radius 3 is 3.11 bits per heavy atom. The zero-order valence-corrected chi connectivity index (χ0v) is 11.0. The number of carbonyl (C=O) groups is 1. The lowest BCUT2D eigenvalue weighted by molar-refractivity contribution is -0.122. The topological polar surface area (TPSA) is 42.0 Å². The van der Waals surface area contributed by atoms with E-state index in [9.17, 15) is 4.79 Å². The molecule has 1 aromatic carbocycles. The second-order valence-electron chi connectivity index (χ2n) is 4.76. The maximum atomic E-state index is 12.2. The van der Waals surface area contributed by atoms with Gasteiger partial charge in [-0.05, 0) is 31.5 Å². The van der Waals surface area contributed by atoms with Crippen molar-refractivity contribution in [3.05, 3.63) is 29.3 Å². The van der Waals surface area contributed by atoms with Crippen molar-refractivity contribution in [2.24, 2.45) is 5.92 Å². The Labute approximate surface area is 110 Å². The van der Waals surface area contributed by atoms with E-state index < -0.39 is 0 Å². The van der Waals surface area contributed by atoms with Gasteiger partial charge in [0.25, 0.3) is 0 Å². The molecule has 1 atom stereocenters. The Hall–Kier alpha value is -1.26. The van der Waals surface area contributed by atoms with E-state index in [-0.39, 0.29) is 5.92 Å². The standard InChI is InChI=1S/C14H16N2OS/c17-12(10-4-3-7-15-9-10)8-14-16-11-5-1-2-6-13(11)18-14/h1-2,5-6,10,15H,3-4,7-9H2. The Morgan fingerprint density at radius 1 is 1.44 bits per heavy atom. The molecule has 0 amide bonds. The van der Waals surface area contributed by atoms with Gasteiger partial charge in [0.2, 0.25) is 0 Å². The first-order valence-corrected chi connectivity index (χ1v) is 7.22. The number of fused-ring (bicyclic) bond motifs is 1. The molecule has 1 aliphatic rings. The zero-order valence-electron chi connectivity index (χ0n) is 10.2. The molecule has 1 unspecified atom stereocenters. The number of piperidine rings is 1. The number of ketones is 1. The molecule has 0 radical (unpaired) electrons. The molecule has 0 saturated carbocycles. The van der Waals surface area contributed by atoms with Gasteiger partial charge in [-0.25, -0.2) is 4.98 Å². The van der Waals surface area contributed by atoms with Gasteiger partial charge in [0, 0.05) is 12.5 Å². The fraction of sp³-hybridized carbons (Fsp3) is 0.429. The molecule has 3 nitrogen and oxygen atoms in total. The molecule has 1 aromatic heterocycles. The maximum Gasteiger partial charge on any atom is 0.144 e. The molecular weight excluding hydrogens is 244 g/mol. The van der Waals surface area contributed by atoms with E-state index in [4.69, 9.17) is 0 Å². The van der Waals surface area contributed by atoms with Gasteiger partial charge in [-0.2, -0.15) is 0 Å². The highest BCUT2D eigenvalue weighted by Crippen LogP contribution is 2.23. The highest BCUT2D eigenvalue weighted by Gasteiger charge is 2.21. The van der Waals surface area contributed by atoms with E-state index in [1.165, 1.54) is 4.70 Å². The van der Waals surface area contributed by atoms with Gasteiger partial charge in [0.15, 0.2) is 0 Å². The number of aromatic nitrogens is 1. The minimum atomic E-state index is 0.186. The fourth-order valence-electron chi connectivity index (χ4n) is 2.42. The van der Waals surface area contributed by atoms with Crippen LogP contribution in [0.2, 0.25) is 0 Å². The summed E-state index contributed by atoms with van der Waals surface area (Å²) < 4.78 is 1.17. The third-order valence-corrected chi connectivity index (χ3v) is 4.45.